The van der Waals surface area contributed by atoms with E-state index in [1.165, 1.54) is 5.69 Å². The number of anilines is 3. The third-order valence-corrected chi connectivity index (χ3v) is 7.18. The first-order chi connectivity index (χ1) is 18.5. The van der Waals surface area contributed by atoms with Crippen molar-refractivity contribution in [2.24, 2.45) is 0 Å². The third kappa shape index (κ3) is 4.26. The summed E-state index contributed by atoms with van der Waals surface area (Å²) in [5, 5.41) is 22.7. The molecule has 192 valence electrons. The largest absolute Gasteiger partial charge is 0.478 e. The Balaban J connectivity index is 1.39. The smallest absolute Gasteiger partial charge is 0.337 e. The van der Waals surface area contributed by atoms with Crippen molar-refractivity contribution in [3.05, 3.63) is 89.7 Å². The van der Waals surface area contributed by atoms with Crippen molar-refractivity contribution in [2.45, 2.75) is 19.9 Å². The second-order valence-electron chi connectivity index (χ2n) is 9.71. The van der Waals surface area contributed by atoms with Gasteiger partial charge in [-0.2, -0.15) is 0 Å². The number of carbonyl (C=O) groups is 1. The predicted octanol–water partition coefficient (Wildman–Crippen LogP) is 4.78. The molecule has 9 heteroatoms. The molecule has 9 nitrogen and oxygen atoms in total. The molecule has 1 atom stereocenters. The first-order valence-electron chi connectivity index (χ1n) is 12.8. The molecule has 0 bridgehead atoms. The highest BCUT2D eigenvalue weighted by atomic mass is 16.4. The van der Waals surface area contributed by atoms with Crippen LogP contribution < -0.4 is 15.1 Å². The average Bonchev–Trinajstić information content (AvgIpc) is 3.44. The summed E-state index contributed by atoms with van der Waals surface area (Å²) < 4.78 is 1.97. The van der Waals surface area contributed by atoms with Crippen molar-refractivity contribution in [3.8, 4) is 0 Å². The van der Waals surface area contributed by atoms with Gasteiger partial charge in [-0.15, -0.1) is 10.2 Å². The van der Waals surface area contributed by atoms with Gasteiger partial charge in [0.1, 0.15) is 6.33 Å². The maximum absolute atomic E-state index is 11.8. The minimum absolute atomic E-state index is 0.196. The number of benzene rings is 3. The van der Waals surface area contributed by atoms with E-state index in [2.05, 4.69) is 61.7 Å². The van der Waals surface area contributed by atoms with Crippen LogP contribution in [0.4, 0.5) is 17.3 Å². The Hall–Kier alpha value is -4.66. The van der Waals surface area contributed by atoms with Crippen molar-refractivity contribution in [3.63, 3.8) is 0 Å². The van der Waals surface area contributed by atoms with Crippen LogP contribution in [0.2, 0.25) is 0 Å². The highest BCUT2D eigenvalue weighted by Gasteiger charge is 2.24. The van der Waals surface area contributed by atoms with Crippen LogP contribution in [0.1, 0.15) is 34.5 Å². The van der Waals surface area contributed by atoms with Crippen LogP contribution >= 0.6 is 0 Å². The van der Waals surface area contributed by atoms with E-state index in [-0.39, 0.29) is 11.6 Å². The van der Waals surface area contributed by atoms with Crippen molar-refractivity contribution in [1.29, 1.82) is 0 Å². The summed E-state index contributed by atoms with van der Waals surface area (Å²) >= 11 is 0. The summed E-state index contributed by atoms with van der Waals surface area (Å²) in [6.07, 6.45) is 1.73. The van der Waals surface area contributed by atoms with Gasteiger partial charge in [0.15, 0.2) is 5.65 Å². The van der Waals surface area contributed by atoms with E-state index in [9.17, 15) is 9.90 Å². The van der Waals surface area contributed by atoms with Gasteiger partial charge in [0, 0.05) is 48.5 Å². The maximum Gasteiger partial charge on any atom is 0.337 e. The molecule has 6 rings (SSSR count). The van der Waals surface area contributed by atoms with Gasteiger partial charge >= 0.3 is 5.97 Å². The molecule has 1 saturated heterocycles. The lowest BCUT2D eigenvalue weighted by Gasteiger charge is -2.36. The molecule has 1 unspecified atom stereocenters. The third-order valence-electron chi connectivity index (χ3n) is 7.18. The molecule has 3 aromatic carbocycles. The summed E-state index contributed by atoms with van der Waals surface area (Å²) in [5.74, 6) is -0.150. The lowest BCUT2D eigenvalue weighted by Crippen LogP contribution is -2.47. The Morgan fingerprint density at radius 2 is 1.68 bits per heavy atom. The number of nitrogens with zero attached hydrogens (tertiary/aromatic N) is 6. The molecule has 3 heterocycles. The maximum atomic E-state index is 11.8. The van der Waals surface area contributed by atoms with Crippen molar-refractivity contribution in [2.75, 3.05) is 41.3 Å². The van der Waals surface area contributed by atoms with Crippen LogP contribution in [0.25, 0.3) is 16.6 Å². The second-order valence-corrected chi connectivity index (χ2v) is 9.71. The molecule has 0 saturated carbocycles. The van der Waals surface area contributed by atoms with Crippen LogP contribution in [-0.4, -0.2) is 56.8 Å². The van der Waals surface area contributed by atoms with Gasteiger partial charge in [-0.25, -0.2) is 9.78 Å². The second kappa shape index (κ2) is 9.66. The Morgan fingerprint density at radius 1 is 0.974 bits per heavy atom. The van der Waals surface area contributed by atoms with E-state index in [0.29, 0.717) is 5.69 Å². The number of hydrogen-bond acceptors (Lipinski definition) is 7. The minimum atomic E-state index is -0.963. The van der Waals surface area contributed by atoms with E-state index >= 15 is 0 Å². The number of fused-ring (bicyclic) bond motifs is 3. The Labute approximate surface area is 220 Å². The lowest BCUT2D eigenvalue weighted by molar-refractivity contribution is 0.0698. The summed E-state index contributed by atoms with van der Waals surface area (Å²) in [6, 6.07) is 21.4. The summed E-state index contributed by atoms with van der Waals surface area (Å²) in [7, 11) is 0. The number of aryl methyl sites for hydroxylation is 1. The highest BCUT2D eigenvalue weighted by Crippen LogP contribution is 2.32. The zero-order valence-electron chi connectivity index (χ0n) is 21.4. The number of aromatic nitrogens is 4. The molecule has 0 radical (unpaired) electrons. The fraction of sp³-hybridized carbons (Fsp3) is 0.241. The standard InChI is InChI=1S/C29H29N7O2/c1-19-16-23(20(2)31-25-11-7-6-10-22(25)28(37)38)26-24(17-19)27-33-30-18-36(27)29(32-26)35-14-12-34(13-15-35)21-8-4-3-5-9-21/h3-11,16-18,20,31H,12-15H2,1-2H3,(H,37,38). The van der Waals surface area contributed by atoms with Crippen molar-refractivity contribution < 1.29 is 9.90 Å². The first kappa shape index (κ1) is 23.7. The Morgan fingerprint density at radius 3 is 2.45 bits per heavy atom. The van der Waals surface area contributed by atoms with E-state index in [1.807, 2.05) is 30.4 Å². The number of hydrogen-bond donors (Lipinski definition) is 2. The molecule has 5 aromatic rings. The zero-order chi connectivity index (χ0) is 26.2. The number of carboxylic acid groups (broad SMARTS) is 1. The van der Waals surface area contributed by atoms with Gasteiger partial charge in [-0.05, 0) is 49.7 Å². The fourth-order valence-corrected chi connectivity index (χ4v) is 5.28. The van der Waals surface area contributed by atoms with Gasteiger partial charge < -0.3 is 20.2 Å². The normalized spacial score (nSPS) is 14.7. The van der Waals surface area contributed by atoms with E-state index in [1.54, 1.807) is 24.5 Å². The number of aromatic carboxylic acids is 1. The summed E-state index contributed by atoms with van der Waals surface area (Å²) in [4.78, 5) is 21.6. The number of para-hydroxylation sites is 2. The van der Waals surface area contributed by atoms with Gasteiger partial charge in [0.25, 0.3) is 0 Å². The quantitative estimate of drug-likeness (QED) is 0.339. The molecule has 1 aliphatic rings. The highest BCUT2D eigenvalue weighted by molar-refractivity contribution is 5.96. The van der Waals surface area contributed by atoms with Crippen LogP contribution in [0.5, 0.6) is 0 Å². The SMILES string of the molecule is Cc1cc(C(C)Nc2ccccc2C(=O)O)c2nc(N3CCN(c4ccccc4)CC3)n3cnnc3c2c1. The monoisotopic (exact) mass is 507 g/mol. The molecular weight excluding hydrogens is 478 g/mol. The Kier molecular flexibility index (Phi) is 6.03. The lowest BCUT2D eigenvalue weighted by atomic mass is 10.0. The average molecular weight is 508 g/mol. The van der Waals surface area contributed by atoms with E-state index < -0.39 is 5.97 Å². The van der Waals surface area contributed by atoms with Gasteiger partial charge in [-0.1, -0.05) is 36.4 Å². The van der Waals surface area contributed by atoms with Gasteiger partial charge in [0.2, 0.25) is 5.95 Å². The molecule has 1 aliphatic heterocycles. The topological polar surface area (TPSA) is 98.9 Å². The molecule has 38 heavy (non-hydrogen) atoms. The molecule has 0 aliphatic carbocycles. The number of carboxylic acids is 1. The Bertz CT molecular complexity index is 1620. The molecule has 0 spiro atoms. The molecular formula is C29H29N7O2. The van der Waals surface area contributed by atoms with E-state index in [0.717, 1.165) is 59.8 Å². The fourth-order valence-electron chi connectivity index (χ4n) is 5.28. The number of piperazine rings is 1. The predicted molar refractivity (Wildman–Crippen MR) is 149 cm³/mol. The molecule has 2 N–H and O–H groups in total. The first-order valence-corrected chi connectivity index (χ1v) is 12.8. The molecule has 1 fully saturated rings. The van der Waals surface area contributed by atoms with Crippen molar-refractivity contribution in [1.82, 2.24) is 19.6 Å². The van der Waals surface area contributed by atoms with E-state index in [4.69, 9.17) is 4.98 Å². The zero-order valence-corrected chi connectivity index (χ0v) is 21.4. The summed E-state index contributed by atoms with van der Waals surface area (Å²) in [5.41, 5.74) is 5.69. The summed E-state index contributed by atoms with van der Waals surface area (Å²) in [6.45, 7) is 7.49. The van der Waals surface area contributed by atoms with Gasteiger partial charge in [0.05, 0.1) is 17.1 Å². The van der Waals surface area contributed by atoms with Crippen LogP contribution in [0.3, 0.4) is 0 Å². The molecule has 0 amide bonds. The number of rotatable bonds is 6. The van der Waals surface area contributed by atoms with Crippen LogP contribution in [0.15, 0.2) is 73.1 Å². The van der Waals surface area contributed by atoms with Crippen molar-refractivity contribution >= 4 is 39.8 Å². The number of nitrogens with one attached hydrogen (secondary N) is 1. The van der Waals surface area contributed by atoms with Crippen LogP contribution in [-0.2, 0) is 0 Å². The molecule has 2 aromatic heterocycles. The van der Waals surface area contributed by atoms with Gasteiger partial charge in [-0.3, -0.25) is 4.40 Å². The van der Waals surface area contributed by atoms with Crippen LogP contribution in [0, 0.1) is 6.92 Å². The minimum Gasteiger partial charge on any atom is -0.478 e.